The molecule has 3 aromatic rings. The van der Waals surface area contributed by atoms with E-state index in [4.69, 9.17) is 4.98 Å². The van der Waals surface area contributed by atoms with Gasteiger partial charge < -0.3 is 5.32 Å². The van der Waals surface area contributed by atoms with E-state index in [9.17, 15) is 9.18 Å². The number of aryl methyl sites for hydroxylation is 1. The highest BCUT2D eigenvalue weighted by molar-refractivity contribution is 6.04. The lowest BCUT2D eigenvalue weighted by Gasteiger charge is -2.34. The molecule has 1 atom stereocenters. The van der Waals surface area contributed by atoms with Gasteiger partial charge in [0.1, 0.15) is 11.6 Å². The number of carbonyl (C=O) groups is 1. The van der Waals surface area contributed by atoms with Gasteiger partial charge in [-0.15, -0.1) is 0 Å². The maximum absolute atomic E-state index is 13.2. The van der Waals surface area contributed by atoms with Crippen LogP contribution in [0.4, 0.5) is 10.1 Å². The van der Waals surface area contributed by atoms with Gasteiger partial charge in [-0.1, -0.05) is 36.8 Å². The number of hydrogen-bond acceptors (Lipinski definition) is 4. The molecule has 30 heavy (non-hydrogen) atoms. The third-order valence-electron chi connectivity index (χ3n) is 5.48. The second-order valence-electron chi connectivity index (χ2n) is 7.66. The summed E-state index contributed by atoms with van der Waals surface area (Å²) in [6.07, 6.45) is 4.83. The SMILES string of the molecule is Cc1nc([C@H]2CCCCN2Cc2ccc(F)cc2)ncc1C(=O)Nc1ccccc1. The van der Waals surface area contributed by atoms with Crippen LogP contribution < -0.4 is 5.32 Å². The van der Waals surface area contributed by atoms with Crippen molar-refractivity contribution in [2.45, 2.75) is 38.8 Å². The van der Waals surface area contributed by atoms with Gasteiger partial charge in [0, 0.05) is 18.4 Å². The maximum Gasteiger partial charge on any atom is 0.259 e. The van der Waals surface area contributed by atoms with Crippen LogP contribution in [0.1, 0.15) is 52.7 Å². The Morgan fingerprint density at radius 1 is 1.13 bits per heavy atom. The van der Waals surface area contributed by atoms with E-state index in [2.05, 4.69) is 15.2 Å². The molecule has 0 unspecified atom stereocenters. The number of carbonyl (C=O) groups excluding carboxylic acids is 1. The van der Waals surface area contributed by atoms with E-state index in [0.717, 1.165) is 49.4 Å². The van der Waals surface area contributed by atoms with Gasteiger partial charge in [0.05, 0.1) is 17.3 Å². The van der Waals surface area contributed by atoms with Crippen molar-refractivity contribution in [1.82, 2.24) is 14.9 Å². The molecular formula is C24H25FN4O. The molecule has 1 saturated heterocycles. The van der Waals surface area contributed by atoms with Gasteiger partial charge in [-0.2, -0.15) is 0 Å². The second kappa shape index (κ2) is 9.13. The highest BCUT2D eigenvalue weighted by atomic mass is 19.1. The molecule has 0 bridgehead atoms. The Hall–Kier alpha value is -3.12. The van der Waals surface area contributed by atoms with Crippen LogP contribution in [0.3, 0.4) is 0 Å². The third kappa shape index (κ3) is 4.71. The normalized spacial score (nSPS) is 16.9. The Balaban J connectivity index is 1.51. The van der Waals surface area contributed by atoms with Crippen molar-refractivity contribution >= 4 is 11.6 Å². The van der Waals surface area contributed by atoms with Gasteiger partial charge in [-0.05, 0) is 56.1 Å². The Labute approximate surface area is 176 Å². The lowest BCUT2D eigenvalue weighted by molar-refractivity contribution is 0.102. The molecule has 6 heteroatoms. The topological polar surface area (TPSA) is 58.1 Å². The van der Waals surface area contributed by atoms with E-state index in [0.29, 0.717) is 11.3 Å². The summed E-state index contributed by atoms with van der Waals surface area (Å²) in [5.74, 6) is 0.305. The van der Waals surface area contributed by atoms with Crippen LogP contribution in [0, 0.1) is 12.7 Å². The molecule has 154 valence electrons. The molecule has 0 saturated carbocycles. The molecule has 0 radical (unpaired) electrons. The lowest BCUT2D eigenvalue weighted by atomic mass is 10.00. The van der Waals surface area contributed by atoms with Crippen LogP contribution in [-0.4, -0.2) is 27.3 Å². The van der Waals surface area contributed by atoms with Crippen LogP contribution in [-0.2, 0) is 6.54 Å². The van der Waals surface area contributed by atoms with Crippen LogP contribution in [0.5, 0.6) is 0 Å². The van der Waals surface area contributed by atoms with Gasteiger partial charge >= 0.3 is 0 Å². The predicted octanol–water partition coefficient (Wildman–Crippen LogP) is 4.90. The summed E-state index contributed by atoms with van der Waals surface area (Å²) in [6, 6.07) is 16.1. The number of piperidine rings is 1. The van der Waals surface area contributed by atoms with E-state index in [1.165, 1.54) is 12.1 Å². The van der Waals surface area contributed by atoms with Crippen molar-refractivity contribution < 1.29 is 9.18 Å². The van der Waals surface area contributed by atoms with Crippen molar-refractivity contribution in [3.05, 3.63) is 89.3 Å². The van der Waals surface area contributed by atoms with Crippen molar-refractivity contribution in [2.24, 2.45) is 0 Å². The zero-order chi connectivity index (χ0) is 20.9. The summed E-state index contributed by atoms with van der Waals surface area (Å²) >= 11 is 0. The number of para-hydroxylation sites is 1. The number of amides is 1. The number of hydrogen-bond donors (Lipinski definition) is 1. The van der Waals surface area contributed by atoms with Crippen molar-refractivity contribution in [2.75, 3.05) is 11.9 Å². The van der Waals surface area contributed by atoms with E-state index in [-0.39, 0.29) is 17.8 Å². The number of nitrogens with one attached hydrogen (secondary N) is 1. The fourth-order valence-corrected chi connectivity index (χ4v) is 3.89. The summed E-state index contributed by atoms with van der Waals surface area (Å²) in [5, 5.41) is 2.88. The zero-order valence-electron chi connectivity index (χ0n) is 17.0. The summed E-state index contributed by atoms with van der Waals surface area (Å²) in [5.41, 5.74) is 2.95. The minimum Gasteiger partial charge on any atom is -0.322 e. The predicted molar refractivity (Wildman–Crippen MR) is 115 cm³/mol. The fourth-order valence-electron chi connectivity index (χ4n) is 3.89. The van der Waals surface area contributed by atoms with Crippen molar-refractivity contribution in [1.29, 1.82) is 0 Å². The Morgan fingerprint density at radius 2 is 1.90 bits per heavy atom. The molecule has 0 spiro atoms. The van der Waals surface area contributed by atoms with E-state index >= 15 is 0 Å². The highest BCUT2D eigenvalue weighted by Crippen LogP contribution is 2.30. The highest BCUT2D eigenvalue weighted by Gasteiger charge is 2.27. The Bertz CT molecular complexity index is 1010. The number of rotatable bonds is 5. The van der Waals surface area contributed by atoms with Crippen LogP contribution in [0.15, 0.2) is 60.8 Å². The van der Waals surface area contributed by atoms with Crippen LogP contribution >= 0.6 is 0 Å². The van der Waals surface area contributed by atoms with Crippen LogP contribution in [0.25, 0.3) is 0 Å². The monoisotopic (exact) mass is 404 g/mol. The second-order valence-corrected chi connectivity index (χ2v) is 7.66. The third-order valence-corrected chi connectivity index (χ3v) is 5.48. The lowest BCUT2D eigenvalue weighted by Crippen LogP contribution is -2.34. The first kappa shape index (κ1) is 20.2. The first-order chi connectivity index (χ1) is 14.6. The number of nitrogens with zero attached hydrogens (tertiary/aromatic N) is 3. The van der Waals surface area contributed by atoms with Gasteiger partial charge in [0.2, 0.25) is 0 Å². The van der Waals surface area contributed by atoms with Gasteiger partial charge in [-0.25, -0.2) is 14.4 Å². The van der Waals surface area contributed by atoms with E-state index in [1.54, 1.807) is 6.20 Å². The van der Waals surface area contributed by atoms with Crippen molar-refractivity contribution in [3.63, 3.8) is 0 Å². The van der Waals surface area contributed by atoms with Gasteiger partial charge in [0.25, 0.3) is 5.91 Å². The summed E-state index contributed by atoms with van der Waals surface area (Å²) in [7, 11) is 0. The smallest absolute Gasteiger partial charge is 0.259 e. The molecule has 1 aliphatic heterocycles. The zero-order valence-corrected chi connectivity index (χ0v) is 17.0. The van der Waals surface area contributed by atoms with Gasteiger partial charge in [0.15, 0.2) is 0 Å². The first-order valence-corrected chi connectivity index (χ1v) is 10.3. The number of halogens is 1. The standard InChI is InChI=1S/C24H25FN4O/c1-17-21(24(30)28-20-7-3-2-4-8-20)15-26-23(27-17)22-9-5-6-14-29(22)16-18-10-12-19(25)13-11-18/h2-4,7-8,10-13,15,22H,5-6,9,14,16H2,1H3,(H,28,30)/t22-/m1/s1. The largest absolute Gasteiger partial charge is 0.322 e. The molecule has 5 nitrogen and oxygen atoms in total. The summed E-state index contributed by atoms with van der Waals surface area (Å²) in [4.78, 5) is 24.2. The summed E-state index contributed by atoms with van der Waals surface area (Å²) in [6.45, 7) is 3.52. The molecule has 1 aliphatic rings. The minimum atomic E-state index is -0.225. The number of aromatic nitrogens is 2. The quantitative estimate of drug-likeness (QED) is 0.657. The number of anilines is 1. The molecule has 2 heterocycles. The van der Waals surface area contributed by atoms with Crippen molar-refractivity contribution in [3.8, 4) is 0 Å². The number of likely N-dealkylation sites (tertiary alicyclic amines) is 1. The van der Waals surface area contributed by atoms with Gasteiger partial charge in [-0.3, -0.25) is 9.69 Å². The van der Waals surface area contributed by atoms with E-state index in [1.807, 2.05) is 49.4 Å². The average molecular weight is 404 g/mol. The Kier molecular flexibility index (Phi) is 6.14. The Morgan fingerprint density at radius 3 is 2.63 bits per heavy atom. The maximum atomic E-state index is 13.2. The molecule has 4 rings (SSSR count). The minimum absolute atomic E-state index is 0.0914. The summed E-state index contributed by atoms with van der Waals surface area (Å²) < 4.78 is 13.2. The molecule has 1 fully saturated rings. The molecule has 1 amide bonds. The molecular weight excluding hydrogens is 379 g/mol. The molecule has 1 N–H and O–H groups in total. The molecule has 0 aliphatic carbocycles. The molecule has 2 aromatic carbocycles. The van der Waals surface area contributed by atoms with E-state index < -0.39 is 0 Å². The number of benzene rings is 2. The van der Waals surface area contributed by atoms with Crippen LogP contribution in [0.2, 0.25) is 0 Å². The fraction of sp³-hybridized carbons (Fsp3) is 0.292. The first-order valence-electron chi connectivity index (χ1n) is 10.3. The molecule has 1 aromatic heterocycles. The average Bonchev–Trinajstić information content (AvgIpc) is 2.76.